The number of benzene rings is 1. The summed E-state index contributed by atoms with van der Waals surface area (Å²) in [5, 5.41) is 2.68. The SMILES string of the molecule is C#CC(CCC)NC(=O)c1cc(C)cc(S(=O)(=O)Cl)c1. The minimum absolute atomic E-state index is 0.0999. The zero-order valence-corrected chi connectivity index (χ0v) is 12.9. The maximum absolute atomic E-state index is 12.1. The van der Waals surface area contributed by atoms with Gasteiger partial charge in [0.2, 0.25) is 0 Å². The molecule has 0 radical (unpaired) electrons. The fourth-order valence-corrected chi connectivity index (χ4v) is 2.61. The van der Waals surface area contributed by atoms with Crippen LogP contribution in [0, 0.1) is 19.3 Å². The number of nitrogens with one attached hydrogen (secondary N) is 1. The number of hydrogen-bond acceptors (Lipinski definition) is 3. The highest BCUT2D eigenvalue weighted by Gasteiger charge is 2.16. The molecule has 1 amide bonds. The van der Waals surface area contributed by atoms with E-state index in [0.29, 0.717) is 12.0 Å². The Hall–Kier alpha value is -1.51. The number of aryl methyl sites for hydroxylation is 1. The lowest BCUT2D eigenvalue weighted by Gasteiger charge is -2.12. The summed E-state index contributed by atoms with van der Waals surface area (Å²) in [5.41, 5.74) is 0.852. The van der Waals surface area contributed by atoms with E-state index in [9.17, 15) is 13.2 Å². The number of halogens is 1. The monoisotopic (exact) mass is 313 g/mol. The number of amides is 1. The lowest BCUT2D eigenvalue weighted by molar-refractivity contribution is 0.0944. The van der Waals surface area contributed by atoms with Gasteiger partial charge >= 0.3 is 0 Å². The molecule has 0 fully saturated rings. The molecule has 6 heteroatoms. The molecule has 1 rings (SSSR count). The average molecular weight is 314 g/mol. The van der Waals surface area contributed by atoms with Gasteiger partial charge in [0.15, 0.2) is 0 Å². The Morgan fingerprint density at radius 1 is 1.45 bits per heavy atom. The second-order valence-corrected chi connectivity index (χ2v) is 7.02. The molecule has 1 N–H and O–H groups in total. The second-order valence-electron chi connectivity index (χ2n) is 4.45. The zero-order valence-electron chi connectivity index (χ0n) is 11.3. The number of hydrogen-bond donors (Lipinski definition) is 1. The zero-order chi connectivity index (χ0) is 15.3. The highest BCUT2D eigenvalue weighted by molar-refractivity contribution is 8.13. The van der Waals surface area contributed by atoms with Crippen molar-refractivity contribution in [3.63, 3.8) is 0 Å². The Kier molecular flexibility index (Phi) is 5.61. The first-order valence-electron chi connectivity index (χ1n) is 6.11. The lowest BCUT2D eigenvalue weighted by atomic mass is 10.1. The van der Waals surface area contributed by atoms with Gasteiger partial charge in [0.05, 0.1) is 10.9 Å². The first kappa shape index (κ1) is 16.5. The molecule has 1 aromatic rings. The van der Waals surface area contributed by atoms with E-state index in [1.165, 1.54) is 12.1 Å². The van der Waals surface area contributed by atoms with Crippen LogP contribution in [-0.2, 0) is 9.05 Å². The summed E-state index contributed by atoms with van der Waals surface area (Å²) in [6.07, 6.45) is 6.83. The van der Waals surface area contributed by atoms with Crippen molar-refractivity contribution in [2.75, 3.05) is 0 Å². The highest BCUT2D eigenvalue weighted by Crippen LogP contribution is 2.19. The Morgan fingerprint density at radius 2 is 2.10 bits per heavy atom. The number of rotatable bonds is 5. The van der Waals surface area contributed by atoms with E-state index >= 15 is 0 Å². The first-order valence-corrected chi connectivity index (χ1v) is 8.42. The third-order valence-electron chi connectivity index (χ3n) is 2.68. The fraction of sp³-hybridized carbons (Fsp3) is 0.357. The largest absolute Gasteiger partial charge is 0.338 e. The molecule has 0 bridgehead atoms. The molecule has 0 spiro atoms. The third-order valence-corrected chi connectivity index (χ3v) is 4.01. The molecular weight excluding hydrogens is 298 g/mol. The van der Waals surface area contributed by atoms with Gasteiger partial charge in [-0.15, -0.1) is 6.42 Å². The van der Waals surface area contributed by atoms with Crippen LogP contribution in [0.5, 0.6) is 0 Å². The molecule has 0 saturated carbocycles. The molecule has 1 unspecified atom stereocenters. The predicted molar refractivity (Wildman–Crippen MR) is 79.2 cm³/mol. The van der Waals surface area contributed by atoms with E-state index in [4.69, 9.17) is 17.1 Å². The Morgan fingerprint density at radius 3 is 2.60 bits per heavy atom. The van der Waals surface area contributed by atoms with Gasteiger partial charge in [-0.2, -0.15) is 0 Å². The van der Waals surface area contributed by atoms with Gasteiger partial charge < -0.3 is 5.32 Å². The fourth-order valence-electron chi connectivity index (χ4n) is 1.75. The van der Waals surface area contributed by atoms with E-state index in [-0.39, 0.29) is 16.5 Å². The molecule has 0 aliphatic carbocycles. The van der Waals surface area contributed by atoms with Crippen molar-refractivity contribution in [2.45, 2.75) is 37.6 Å². The Bertz CT molecular complexity index is 647. The van der Waals surface area contributed by atoms with Crippen LogP contribution in [-0.4, -0.2) is 20.4 Å². The highest BCUT2D eigenvalue weighted by atomic mass is 35.7. The first-order chi connectivity index (χ1) is 9.27. The van der Waals surface area contributed by atoms with E-state index in [1.807, 2.05) is 6.92 Å². The molecule has 0 aliphatic heterocycles. The maximum Gasteiger partial charge on any atom is 0.261 e. The number of terminal acetylenes is 1. The van der Waals surface area contributed by atoms with Gasteiger partial charge in [0.25, 0.3) is 15.0 Å². The number of carbonyl (C=O) groups is 1. The van der Waals surface area contributed by atoms with Crippen LogP contribution < -0.4 is 5.32 Å². The third kappa shape index (κ3) is 4.55. The standard InChI is InChI=1S/C14H16ClNO3S/c1-4-6-12(5-2)16-14(17)11-7-10(3)8-13(9-11)20(15,18)19/h2,7-9,12H,4,6H2,1,3H3,(H,16,17). The van der Waals surface area contributed by atoms with Crippen LogP contribution >= 0.6 is 10.7 Å². The molecule has 0 saturated heterocycles. The molecule has 1 aromatic carbocycles. The van der Waals surface area contributed by atoms with Crippen LogP contribution in [0.25, 0.3) is 0 Å². The summed E-state index contributed by atoms with van der Waals surface area (Å²) in [6, 6.07) is 3.86. The quantitative estimate of drug-likeness (QED) is 0.671. The Labute approximate surface area is 123 Å². The van der Waals surface area contributed by atoms with Crippen molar-refractivity contribution in [2.24, 2.45) is 0 Å². The van der Waals surface area contributed by atoms with Gasteiger partial charge in [-0.1, -0.05) is 19.3 Å². The molecule has 1 atom stereocenters. The van der Waals surface area contributed by atoms with E-state index < -0.39 is 15.0 Å². The molecule has 0 aliphatic rings. The maximum atomic E-state index is 12.1. The summed E-state index contributed by atoms with van der Waals surface area (Å²) in [4.78, 5) is 12.0. The lowest BCUT2D eigenvalue weighted by Crippen LogP contribution is -2.33. The normalized spacial score (nSPS) is 12.5. The van der Waals surface area contributed by atoms with Crippen LogP contribution in [0.15, 0.2) is 23.1 Å². The van der Waals surface area contributed by atoms with Crippen molar-refractivity contribution in [3.8, 4) is 12.3 Å². The molecule has 4 nitrogen and oxygen atoms in total. The van der Waals surface area contributed by atoms with Crippen molar-refractivity contribution in [1.82, 2.24) is 5.32 Å². The predicted octanol–water partition coefficient (Wildman–Crippen LogP) is 2.45. The summed E-state index contributed by atoms with van der Waals surface area (Å²) >= 11 is 0. The Balaban J connectivity index is 3.05. The van der Waals surface area contributed by atoms with Gasteiger partial charge in [-0.3, -0.25) is 4.79 Å². The van der Waals surface area contributed by atoms with Crippen LogP contribution in [0.3, 0.4) is 0 Å². The van der Waals surface area contributed by atoms with Crippen LogP contribution in [0.2, 0.25) is 0 Å². The summed E-state index contributed by atoms with van der Waals surface area (Å²) in [6.45, 7) is 3.65. The summed E-state index contributed by atoms with van der Waals surface area (Å²) < 4.78 is 22.7. The van der Waals surface area contributed by atoms with Crippen molar-refractivity contribution in [3.05, 3.63) is 29.3 Å². The van der Waals surface area contributed by atoms with E-state index in [2.05, 4.69) is 11.2 Å². The van der Waals surface area contributed by atoms with Crippen molar-refractivity contribution >= 4 is 25.6 Å². The number of carbonyl (C=O) groups excluding carboxylic acids is 1. The van der Waals surface area contributed by atoms with Crippen LogP contribution in [0.4, 0.5) is 0 Å². The average Bonchev–Trinajstić information content (AvgIpc) is 2.36. The van der Waals surface area contributed by atoms with E-state index in [0.717, 1.165) is 6.42 Å². The second kappa shape index (κ2) is 6.78. The van der Waals surface area contributed by atoms with Crippen molar-refractivity contribution in [1.29, 1.82) is 0 Å². The minimum Gasteiger partial charge on any atom is -0.338 e. The topological polar surface area (TPSA) is 63.2 Å². The van der Waals surface area contributed by atoms with Gasteiger partial charge in [0.1, 0.15) is 0 Å². The van der Waals surface area contributed by atoms with E-state index in [1.54, 1.807) is 13.0 Å². The minimum atomic E-state index is -3.87. The van der Waals surface area contributed by atoms with Gasteiger partial charge in [-0.25, -0.2) is 8.42 Å². The summed E-state index contributed by atoms with van der Waals surface area (Å²) in [7, 11) is 1.42. The molecule has 0 heterocycles. The molecule has 108 valence electrons. The molecular formula is C14H16ClNO3S. The smallest absolute Gasteiger partial charge is 0.261 e. The van der Waals surface area contributed by atoms with Gasteiger partial charge in [0, 0.05) is 16.2 Å². The summed E-state index contributed by atoms with van der Waals surface area (Å²) in [5.74, 6) is 2.08. The van der Waals surface area contributed by atoms with Crippen LogP contribution in [0.1, 0.15) is 35.7 Å². The molecule has 0 aromatic heterocycles. The van der Waals surface area contributed by atoms with Crippen molar-refractivity contribution < 1.29 is 13.2 Å². The van der Waals surface area contributed by atoms with Gasteiger partial charge in [-0.05, 0) is 37.1 Å². The molecule has 20 heavy (non-hydrogen) atoms.